The highest BCUT2D eigenvalue weighted by molar-refractivity contribution is 7.99. The molecule has 0 aliphatic rings. The zero-order valence-electron chi connectivity index (χ0n) is 8.38. The Morgan fingerprint density at radius 1 is 1.50 bits per heavy atom. The Hall–Kier alpha value is -0.960. The summed E-state index contributed by atoms with van der Waals surface area (Å²) in [4.78, 5) is 0.650. The maximum absolute atomic E-state index is 13.3. The van der Waals surface area contributed by atoms with Crippen molar-refractivity contribution in [3.05, 3.63) is 35.7 Å². The molecule has 14 heavy (non-hydrogen) atoms. The van der Waals surface area contributed by atoms with Crippen molar-refractivity contribution in [2.75, 3.05) is 11.5 Å². The number of hydrogen-bond acceptors (Lipinski definition) is 2. The van der Waals surface area contributed by atoms with Gasteiger partial charge in [0.1, 0.15) is 5.82 Å². The molecule has 2 N–H and O–H groups in total. The van der Waals surface area contributed by atoms with Crippen LogP contribution in [0.25, 0.3) is 0 Å². The summed E-state index contributed by atoms with van der Waals surface area (Å²) < 4.78 is 13.3. The molecule has 1 nitrogen and oxygen atoms in total. The van der Waals surface area contributed by atoms with Crippen LogP contribution in [0.2, 0.25) is 0 Å². The van der Waals surface area contributed by atoms with Crippen LogP contribution < -0.4 is 5.73 Å². The van der Waals surface area contributed by atoms with Crippen molar-refractivity contribution in [2.45, 2.75) is 18.7 Å². The fourth-order valence-electron chi connectivity index (χ4n) is 0.932. The van der Waals surface area contributed by atoms with Crippen LogP contribution in [0.15, 0.2) is 34.7 Å². The molecule has 0 saturated carbocycles. The third-order valence-corrected chi connectivity index (χ3v) is 2.66. The average Bonchev–Trinajstić information content (AvgIpc) is 2.08. The van der Waals surface area contributed by atoms with Crippen LogP contribution in [0.1, 0.15) is 13.8 Å². The molecule has 0 heterocycles. The molecule has 0 aromatic heterocycles. The predicted octanol–water partition coefficient (Wildman–Crippen LogP) is 3.47. The second-order valence-electron chi connectivity index (χ2n) is 3.28. The SMILES string of the molecule is CC(C)=CCSc1ccc(N)cc1F. The number of rotatable bonds is 3. The Bertz CT molecular complexity index is 343. The fourth-order valence-corrected chi connectivity index (χ4v) is 1.89. The van der Waals surface area contributed by atoms with Crippen molar-refractivity contribution in [2.24, 2.45) is 0 Å². The normalized spacial score (nSPS) is 9.93. The number of nitrogen functional groups attached to an aromatic ring is 1. The van der Waals surface area contributed by atoms with Crippen LogP contribution in [-0.4, -0.2) is 5.75 Å². The van der Waals surface area contributed by atoms with E-state index in [4.69, 9.17) is 5.73 Å². The maximum atomic E-state index is 13.3. The smallest absolute Gasteiger partial charge is 0.138 e. The molecule has 0 radical (unpaired) electrons. The first kappa shape index (κ1) is 11.1. The van der Waals surface area contributed by atoms with Crippen LogP contribution in [0.5, 0.6) is 0 Å². The van der Waals surface area contributed by atoms with Crippen molar-refractivity contribution < 1.29 is 4.39 Å². The van der Waals surface area contributed by atoms with Gasteiger partial charge in [-0.25, -0.2) is 4.39 Å². The van der Waals surface area contributed by atoms with Crippen LogP contribution in [0.3, 0.4) is 0 Å². The average molecular weight is 211 g/mol. The van der Waals surface area contributed by atoms with Crippen molar-refractivity contribution in [3.63, 3.8) is 0 Å². The molecule has 76 valence electrons. The minimum absolute atomic E-state index is 0.239. The third kappa shape index (κ3) is 3.42. The molecular formula is C11H14FNS. The molecule has 0 amide bonds. The molecule has 3 heteroatoms. The molecule has 0 aliphatic carbocycles. The van der Waals surface area contributed by atoms with Gasteiger partial charge in [-0.2, -0.15) is 0 Å². The van der Waals surface area contributed by atoms with Crippen LogP contribution >= 0.6 is 11.8 Å². The minimum Gasteiger partial charge on any atom is -0.399 e. The molecule has 1 rings (SSSR count). The van der Waals surface area contributed by atoms with Gasteiger partial charge in [0, 0.05) is 16.3 Å². The van der Waals surface area contributed by atoms with E-state index < -0.39 is 0 Å². The highest BCUT2D eigenvalue weighted by Crippen LogP contribution is 2.23. The van der Waals surface area contributed by atoms with Gasteiger partial charge in [0.05, 0.1) is 0 Å². The van der Waals surface area contributed by atoms with Gasteiger partial charge in [0.15, 0.2) is 0 Å². The molecule has 0 fully saturated rings. The number of thioether (sulfide) groups is 1. The van der Waals surface area contributed by atoms with Crippen LogP contribution in [-0.2, 0) is 0 Å². The third-order valence-electron chi connectivity index (χ3n) is 1.69. The topological polar surface area (TPSA) is 26.0 Å². The van der Waals surface area contributed by atoms with Crippen molar-refractivity contribution in [1.82, 2.24) is 0 Å². The van der Waals surface area contributed by atoms with E-state index in [0.29, 0.717) is 10.6 Å². The summed E-state index contributed by atoms with van der Waals surface area (Å²) in [6, 6.07) is 4.78. The van der Waals surface area contributed by atoms with Crippen molar-refractivity contribution in [3.8, 4) is 0 Å². The highest BCUT2D eigenvalue weighted by Gasteiger charge is 2.01. The number of benzene rings is 1. The summed E-state index contributed by atoms with van der Waals surface area (Å²) in [6.45, 7) is 4.06. The summed E-state index contributed by atoms with van der Waals surface area (Å²) in [6.07, 6.45) is 2.07. The van der Waals surface area contributed by atoms with Gasteiger partial charge < -0.3 is 5.73 Å². The first-order valence-electron chi connectivity index (χ1n) is 4.41. The number of anilines is 1. The Morgan fingerprint density at radius 3 is 2.79 bits per heavy atom. The van der Waals surface area contributed by atoms with Gasteiger partial charge in [0.25, 0.3) is 0 Å². The summed E-state index contributed by atoms with van der Waals surface area (Å²) in [5.41, 5.74) is 7.15. The Balaban J connectivity index is 2.64. The lowest BCUT2D eigenvalue weighted by Crippen LogP contribution is -1.88. The van der Waals surface area contributed by atoms with E-state index in [1.807, 2.05) is 13.8 Å². The molecule has 0 unspecified atom stereocenters. The largest absolute Gasteiger partial charge is 0.399 e. The lowest BCUT2D eigenvalue weighted by Gasteiger charge is -2.01. The first-order valence-corrected chi connectivity index (χ1v) is 5.39. The standard InChI is InChI=1S/C11H14FNS/c1-8(2)5-6-14-11-4-3-9(13)7-10(11)12/h3-5,7H,6,13H2,1-2H3. The molecule has 0 spiro atoms. The maximum Gasteiger partial charge on any atom is 0.138 e. The zero-order chi connectivity index (χ0) is 10.6. The van der Waals surface area contributed by atoms with E-state index >= 15 is 0 Å². The second-order valence-corrected chi connectivity index (χ2v) is 4.34. The number of allylic oxidation sites excluding steroid dienone is 1. The Morgan fingerprint density at radius 2 is 2.21 bits per heavy atom. The van der Waals surface area contributed by atoms with E-state index in [1.54, 1.807) is 12.1 Å². The monoisotopic (exact) mass is 211 g/mol. The van der Waals surface area contributed by atoms with Gasteiger partial charge in [-0.3, -0.25) is 0 Å². The molecular weight excluding hydrogens is 197 g/mol. The molecule has 0 atom stereocenters. The summed E-state index contributed by atoms with van der Waals surface area (Å²) in [5, 5.41) is 0. The van der Waals surface area contributed by atoms with E-state index in [-0.39, 0.29) is 5.82 Å². The zero-order valence-corrected chi connectivity index (χ0v) is 9.20. The Labute approximate surface area is 88.2 Å². The summed E-state index contributed by atoms with van der Waals surface area (Å²) >= 11 is 1.48. The highest BCUT2D eigenvalue weighted by atomic mass is 32.2. The minimum atomic E-state index is -0.239. The fraction of sp³-hybridized carbons (Fsp3) is 0.273. The number of nitrogens with two attached hydrogens (primary N) is 1. The summed E-state index contributed by atoms with van der Waals surface area (Å²) in [5.74, 6) is 0.556. The van der Waals surface area contributed by atoms with Crippen molar-refractivity contribution in [1.29, 1.82) is 0 Å². The quantitative estimate of drug-likeness (QED) is 0.470. The van der Waals surface area contributed by atoms with E-state index in [1.165, 1.54) is 23.4 Å². The van der Waals surface area contributed by atoms with E-state index in [2.05, 4.69) is 6.08 Å². The molecule has 1 aromatic rings. The van der Waals surface area contributed by atoms with Gasteiger partial charge >= 0.3 is 0 Å². The van der Waals surface area contributed by atoms with Gasteiger partial charge in [0.2, 0.25) is 0 Å². The lowest BCUT2D eigenvalue weighted by molar-refractivity contribution is 0.603. The van der Waals surface area contributed by atoms with Crippen LogP contribution in [0.4, 0.5) is 10.1 Å². The molecule has 0 aliphatic heterocycles. The number of halogens is 1. The van der Waals surface area contributed by atoms with Gasteiger partial charge in [-0.15, -0.1) is 11.8 Å². The summed E-state index contributed by atoms with van der Waals surface area (Å²) in [7, 11) is 0. The van der Waals surface area contributed by atoms with Crippen molar-refractivity contribution >= 4 is 17.4 Å². The van der Waals surface area contributed by atoms with Gasteiger partial charge in [-0.1, -0.05) is 11.6 Å². The predicted molar refractivity (Wildman–Crippen MR) is 61.0 cm³/mol. The second kappa shape index (κ2) is 5.05. The lowest BCUT2D eigenvalue weighted by atomic mass is 10.3. The van der Waals surface area contributed by atoms with E-state index in [9.17, 15) is 4.39 Å². The van der Waals surface area contributed by atoms with E-state index in [0.717, 1.165) is 5.75 Å². The first-order chi connectivity index (χ1) is 6.59. The molecule has 0 saturated heterocycles. The van der Waals surface area contributed by atoms with Crippen LogP contribution in [0, 0.1) is 5.82 Å². The number of hydrogen-bond donors (Lipinski definition) is 1. The Kier molecular flexibility index (Phi) is 4.01. The molecule has 1 aromatic carbocycles. The molecule has 0 bridgehead atoms. The van der Waals surface area contributed by atoms with Gasteiger partial charge in [-0.05, 0) is 32.0 Å².